The van der Waals surface area contributed by atoms with Gasteiger partial charge in [-0.15, -0.1) is 11.3 Å². The minimum absolute atomic E-state index is 0.0463. The number of hydrogen-bond donors (Lipinski definition) is 1. The summed E-state index contributed by atoms with van der Waals surface area (Å²) in [5, 5.41) is 21.2. The van der Waals surface area contributed by atoms with Crippen molar-refractivity contribution in [3.8, 4) is 0 Å². The van der Waals surface area contributed by atoms with Crippen LogP contribution >= 0.6 is 11.3 Å². The Balaban J connectivity index is 2.27. The Morgan fingerprint density at radius 3 is 2.95 bits per heavy atom. The molecule has 2 aromatic rings. The van der Waals surface area contributed by atoms with Gasteiger partial charge in [-0.1, -0.05) is 6.92 Å². The molecule has 0 amide bonds. The van der Waals surface area contributed by atoms with Crippen LogP contribution in [0.3, 0.4) is 0 Å². The fourth-order valence-electron chi connectivity index (χ4n) is 1.84. The van der Waals surface area contributed by atoms with Gasteiger partial charge in [0, 0.05) is 18.1 Å². The third-order valence-electron chi connectivity index (χ3n) is 2.60. The van der Waals surface area contributed by atoms with E-state index in [1.165, 1.54) is 11.3 Å². The van der Waals surface area contributed by atoms with Gasteiger partial charge in [0.25, 0.3) is 0 Å². The van der Waals surface area contributed by atoms with Crippen molar-refractivity contribution in [2.24, 2.45) is 0 Å². The molecule has 1 N–H and O–H groups in total. The lowest BCUT2D eigenvalue weighted by atomic mass is 10.4. The van der Waals surface area contributed by atoms with E-state index in [0.29, 0.717) is 24.6 Å². The van der Waals surface area contributed by atoms with Crippen molar-refractivity contribution < 1.29 is 4.92 Å². The molecule has 2 rings (SSSR count). The van der Waals surface area contributed by atoms with E-state index in [4.69, 9.17) is 0 Å². The van der Waals surface area contributed by atoms with Gasteiger partial charge in [-0.3, -0.25) is 10.1 Å². The van der Waals surface area contributed by atoms with Gasteiger partial charge in [0.1, 0.15) is 10.7 Å². The van der Waals surface area contributed by atoms with Crippen LogP contribution in [-0.4, -0.2) is 19.7 Å². The van der Waals surface area contributed by atoms with Gasteiger partial charge in [0.15, 0.2) is 0 Å². The molecule has 0 radical (unpaired) electrons. The summed E-state index contributed by atoms with van der Waals surface area (Å²) in [7, 11) is 0. The standard InChI is InChI=1S/C11H15N5O2S/c1-3-5-15-11(10(16(17)18)8(2)14-15)13-7-9-12-4-6-19-9/h4,6,13H,3,5,7H2,1-2H3. The summed E-state index contributed by atoms with van der Waals surface area (Å²) in [5.41, 5.74) is 0.477. The lowest BCUT2D eigenvalue weighted by molar-refractivity contribution is -0.384. The molecule has 0 aromatic carbocycles. The van der Waals surface area contributed by atoms with Gasteiger partial charge in [0.05, 0.1) is 11.5 Å². The summed E-state index contributed by atoms with van der Waals surface area (Å²) < 4.78 is 1.65. The second-order valence-corrected chi connectivity index (χ2v) is 5.02. The van der Waals surface area contributed by atoms with E-state index in [9.17, 15) is 10.1 Å². The van der Waals surface area contributed by atoms with Crippen LogP contribution in [0.15, 0.2) is 11.6 Å². The topological polar surface area (TPSA) is 85.9 Å². The summed E-state index contributed by atoms with van der Waals surface area (Å²) in [6.07, 6.45) is 2.58. The SMILES string of the molecule is CCCn1nc(C)c([N+](=O)[O-])c1NCc1nccs1. The summed E-state index contributed by atoms with van der Waals surface area (Å²) in [6, 6.07) is 0. The largest absolute Gasteiger partial charge is 0.358 e. The van der Waals surface area contributed by atoms with Crippen molar-refractivity contribution in [1.29, 1.82) is 0 Å². The highest BCUT2D eigenvalue weighted by atomic mass is 32.1. The third kappa shape index (κ3) is 2.90. The fraction of sp³-hybridized carbons (Fsp3) is 0.455. The van der Waals surface area contributed by atoms with E-state index in [-0.39, 0.29) is 5.69 Å². The molecular weight excluding hydrogens is 266 g/mol. The van der Waals surface area contributed by atoms with Gasteiger partial charge < -0.3 is 5.32 Å². The highest BCUT2D eigenvalue weighted by Crippen LogP contribution is 2.28. The predicted molar refractivity (Wildman–Crippen MR) is 73.4 cm³/mol. The average Bonchev–Trinajstić information content (AvgIpc) is 2.95. The van der Waals surface area contributed by atoms with Crippen molar-refractivity contribution in [2.75, 3.05) is 5.32 Å². The maximum Gasteiger partial charge on any atom is 0.333 e. The number of aryl methyl sites for hydroxylation is 2. The van der Waals surface area contributed by atoms with Gasteiger partial charge in [0.2, 0.25) is 5.82 Å². The van der Waals surface area contributed by atoms with Gasteiger partial charge in [-0.25, -0.2) is 9.67 Å². The molecule has 19 heavy (non-hydrogen) atoms. The molecule has 0 aliphatic carbocycles. The van der Waals surface area contributed by atoms with E-state index in [0.717, 1.165) is 11.4 Å². The minimum Gasteiger partial charge on any atom is -0.358 e. The molecular formula is C11H15N5O2S. The monoisotopic (exact) mass is 281 g/mol. The van der Waals surface area contributed by atoms with Crippen molar-refractivity contribution in [3.63, 3.8) is 0 Å². The first-order valence-corrected chi connectivity index (χ1v) is 6.85. The smallest absolute Gasteiger partial charge is 0.333 e. The Hall–Kier alpha value is -1.96. The first-order chi connectivity index (χ1) is 9.13. The van der Waals surface area contributed by atoms with Gasteiger partial charge in [-0.2, -0.15) is 5.10 Å². The first kappa shape index (κ1) is 13.5. The van der Waals surface area contributed by atoms with E-state index in [2.05, 4.69) is 15.4 Å². The second-order valence-electron chi connectivity index (χ2n) is 4.04. The van der Waals surface area contributed by atoms with Crippen molar-refractivity contribution >= 4 is 22.8 Å². The number of hydrogen-bond acceptors (Lipinski definition) is 6. The van der Waals surface area contributed by atoms with Crippen LogP contribution in [0.2, 0.25) is 0 Å². The van der Waals surface area contributed by atoms with Crippen molar-refractivity contribution in [2.45, 2.75) is 33.4 Å². The van der Waals surface area contributed by atoms with Crippen molar-refractivity contribution in [1.82, 2.24) is 14.8 Å². The summed E-state index contributed by atoms with van der Waals surface area (Å²) >= 11 is 1.51. The van der Waals surface area contributed by atoms with E-state index in [1.54, 1.807) is 17.8 Å². The minimum atomic E-state index is -0.390. The summed E-state index contributed by atoms with van der Waals surface area (Å²) in [6.45, 7) is 4.77. The highest BCUT2D eigenvalue weighted by molar-refractivity contribution is 7.09. The Kier molecular flexibility index (Phi) is 4.10. The van der Waals surface area contributed by atoms with Crippen molar-refractivity contribution in [3.05, 3.63) is 32.4 Å². The van der Waals surface area contributed by atoms with E-state index >= 15 is 0 Å². The number of nitrogens with zero attached hydrogens (tertiary/aromatic N) is 4. The van der Waals surface area contributed by atoms with Crippen LogP contribution in [0.25, 0.3) is 0 Å². The molecule has 0 fully saturated rings. The third-order valence-corrected chi connectivity index (χ3v) is 3.38. The van der Waals surface area contributed by atoms with Crippen LogP contribution in [0.1, 0.15) is 24.0 Å². The van der Waals surface area contributed by atoms with Gasteiger partial charge in [-0.05, 0) is 13.3 Å². The molecule has 2 heterocycles. The predicted octanol–water partition coefficient (Wildman–Crippen LogP) is 2.58. The molecule has 7 nitrogen and oxygen atoms in total. The highest BCUT2D eigenvalue weighted by Gasteiger charge is 2.24. The number of rotatable bonds is 6. The Morgan fingerprint density at radius 2 is 2.37 bits per heavy atom. The second kappa shape index (κ2) is 5.79. The maximum atomic E-state index is 11.1. The molecule has 8 heteroatoms. The molecule has 102 valence electrons. The molecule has 0 aliphatic rings. The molecule has 0 unspecified atom stereocenters. The molecule has 0 aliphatic heterocycles. The summed E-state index contributed by atoms with van der Waals surface area (Å²) in [5.74, 6) is 0.458. The van der Waals surface area contributed by atoms with Crippen LogP contribution in [-0.2, 0) is 13.1 Å². The summed E-state index contributed by atoms with van der Waals surface area (Å²) in [4.78, 5) is 14.9. The lowest BCUT2D eigenvalue weighted by Gasteiger charge is -2.06. The lowest BCUT2D eigenvalue weighted by Crippen LogP contribution is -2.09. The molecule has 0 spiro atoms. The quantitative estimate of drug-likeness (QED) is 0.649. The van der Waals surface area contributed by atoms with E-state index < -0.39 is 4.92 Å². The number of aromatic nitrogens is 3. The van der Waals surface area contributed by atoms with Crippen LogP contribution in [0.5, 0.6) is 0 Å². The number of anilines is 1. The Labute approximate surface area is 114 Å². The number of nitro groups is 1. The van der Waals surface area contributed by atoms with Gasteiger partial charge >= 0.3 is 5.69 Å². The molecule has 0 saturated carbocycles. The Bertz CT molecular complexity index is 564. The first-order valence-electron chi connectivity index (χ1n) is 5.97. The average molecular weight is 281 g/mol. The normalized spacial score (nSPS) is 10.6. The molecule has 2 aromatic heterocycles. The number of nitrogens with one attached hydrogen (secondary N) is 1. The zero-order valence-electron chi connectivity index (χ0n) is 10.8. The number of thiazole rings is 1. The Morgan fingerprint density at radius 1 is 1.58 bits per heavy atom. The molecule has 0 atom stereocenters. The van der Waals surface area contributed by atoms with E-state index in [1.807, 2.05) is 12.3 Å². The van der Waals surface area contributed by atoms with Crippen LogP contribution < -0.4 is 5.32 Å². The zero-order chi connectivity index (χ0) is 13.8. The molecule has 0 bridgehead atoms. The van der Waals surface area contributed by atoms with Crippen LogP contribution in [0.4, 0.5) is 11.5 Å². The zero-order valence-corrected chi connectivity index (χ0v) is 11.6. The maximum absolute atomic E-state index is 11.1. The molecule has 0 saturated heterocycles. The van der Waals surface area contributed by atoms with Crippen LogP contribution in [0, 0.1) is 17.0 Å². The fourth-order valence-corrected chi connectivity index (χ4v) is 2.39.